The van der Waals surface area contributed by atoms with Crippen molar-refractivity contribution in [3.8, 4) is 58.9 Å². The van der Waals surface area contributed by atoms with Gasteiger partial charge in [0.05, 0.1) is 117 Å². The minimum Gasteiger partial charge on any atom is -0.486 e. The molecule has 8 rings (SSSR count). The van der Waals surface area contributed by atoms with Gasteiger partial charge in [-0.3, -0.25) is 29.4 Å². The Morgan fingerprint density at radius 2 is 0.781 bits per heavy atom. The number of carbonyl (C=O) groups excluding carboxylic acids is 4. The number of aromatic amines is 2. The fourth-order valence-electron chi connectivity index (χ4n) is 9.29. The highest BCUT2D eigenvalue weighted by molar-refractivity contribution is 6.04. The average molecular weight is 1320 g/mol. The second-order valence-electron chi connectivity index (χ2n) is 21.3. The Kier molecular flexibility index (Phi) is 30.6. The van der Waals surface area contributed by atoms with Crippen LogP contribution in [0.25, 0.3) is 0 Å². The van der Waals surface area contributed by atoms with Crippen LogP contribution in [0, 0.1) is 47.4 Å². The second-order valence-corrected chi connectivity index (χ2v) is 21.3. The van der Waals surface area contributed by atoms with Crippen LogP contribution < -0.4 is 29.9 Å². The van der Waals surface area contributed by atoms with Crippen LogP contribution in [0.15, 0.2) is 97.1 Å². The lowest BCUT2D eigenvalue weighted by atomic mass is 10.1. The Morgan fingerprint density at radius 1 is 0.458 bits per heavy atom. The van der Waals surface area contributed by atoms with Gasteiger partial charge in [-0.1, -0.05) is 96.2 Å². The second kappa shape index (κ2) is 40.7. The van der Waals surface area contributed by atoms with E-state index in [2.05, 4.69) is 88.4 Å². The lowest BCUT2D eigenvalue weighted by molar-refractivity contribution is -0.122. The molecule has 6 aromatic rings. The van der Waals surface area contributed by atoms with E-state index in [1.807, 2.05) is 60.7 Å². The summed E-state index contributed by atoms with van der Waals surface area (Å²) in [6, 6.07) is 28.0. The van der Waals surface area contributed by atoms with E-state index in [0.29, 0.717) is 164 Å². The first kappa shape index (κ1) is 72.3. The van der Waals surface area contributed by atoms with E-state index in [0.717, 1.165) is 11.1 Å². The predicted octanol–water partition coefficient (Wildman–Crippen LogP) is 3.77. The van der Waals surface area contributed by atoms with Gasteiger partial charge >= 0.3 is 0 Å². The lowest BCUT2D eigenvalue weighted by Gasteiger charge is -2.23. The molecule has 0 aliphatic carbocycles. The Balaban J connectivity index is 0.542. The quantitative estimate of drug-likeness (QED) is 0.0322. The Hall–Kier alpha value is -9.52. The number of amides is 4. The first-order valence-electron chi connectivity index (χ1n) is 31.4. The molecular weight excluding hydrogens is 1240 g/mol. The van der Waals surface area contributed by atoms with E-state index < -0.39 is 36.1 Å². The highest BCUT2D eigenvalue weighted by Crippen LogP contribution is 2.35. The number of H-pyrrole nitrogens is 2. The third kappa shape index (κ3) is 24.4. The molecule has 26 heteroatoms. The molecule has 0 bridgehead atoms. The summed E-state index contributed by atoms with van der Waals surface area (Å²) in [5.74, 6) is 23.2. The molecule has 0 saturated heterocycles. The molecule has 506 valence electrons. The summed E-state index contributed by atoms with van der Waals surface area (Å²) in [5.41, 5.74) is 4.40. The maximum atomic E-state index is 13.6. The van der Waals surface area contributed by atoms with Crippen molar-refractivity contribution in [2.24, 2.45) is 0 Å². The standard InChI is InChI=1S/C70H80N10O16/c1-51-63(73-67(81)65-71-61(75-77-65)49-53-17-9-7-10-18-53)69(83)79(3)57-47-55(23-25-59(57)95-51)21-15-29-87-33-37-91-41-45-93-43-39-89-35-31-85-27-13-5-6-14-28-86-32-36-90-40-44-94-46-42-92-38-34-88-30-16-22-56-24-26-60-58(48-56)80(4)70(84)64(52(2)96-60)74-68(82)66-72-62(76-78-66)50-54-19-11-8-12-20-54/h7-12,17-20,23-26,47-48,51-52,63-64H,27-46,49-50H2,1-4H3,(H,73,81)(H,74,82)(H,71,75,77)(H,72,76,78)/t51-,52-,63+,64+/m1/s1. The van der Waals surface area contributed by atoms with Gasteiger partial charge in [0.1, 0.15) is 73.9 Å². The molecule has 4 amide bonds. The van der Waals surface area contributed by atoms with E-state index >= 15 is 0 Å². The minimum absolute atomic E-state index is 0.0658. The summed E-state index contributed by atoms with van der Waals surface area (Å²) in [6.45, 7) is 10.6. The number of nitrogens with one attached hydrogen (secondary N) is 4. The number of ether oxygens (including phenoxy) is 12. The zero-order chi connectivity index (χ0) is 67.4. The van der Waals surface area contributed by atoms with Crippen molar-refractivity contribution in [2.45, 2.75) is 51.0 Å². The van der Waals surface area contributed by atoms with E-state index in [1.54, 1.807) is 64.3 Å². The first-order valence-corrected chi connectivity index (χ1v) is 31.4. The minimum atomic E-state index is -0.990. The van der Waals surface area contributed by atoms with Crippen LogP contribution in [-0.4, -0.2) is 225 Å². The fraction of sp³-hybridized carbons (Fsp3) is 0.429. The number of rotatable bonds is 36. The highest BCUT2D eigenvalue weighted by Gasteiger charge is 2.38. The number of hydrogen-bond acceptors (Lipinski definition) is 20. The number of fused-ring (bicyclic) bond motifs is 2. The van der Waals surface area contributed by atoms with Crippen LogP contribution in [0.2, 0.25) is 0 Å². The van der Waals surface area contributed by atoms with E-state index in [-0.39, 0.29) is 49.9 Å². The third-order valence-corrected chi connectivity index (χ3v) is 14.2. The normalized spacial score (nSPS) is 15.5. The van der Waals surface area contributed by atoms with Crippen LogP contribution in [0.5, 0.6) is 11.5 Å². The van der Waals surface area contributed by atoms with Gasteiger partial charge in [0, 0.05) is 38.1 Å². The van der Waals surface area contributed by atoms with Gasteiger partial charge in [-0.15, -0.1) is 10.2 Å². The predicted molar refractivity (Wildman–Crippen MR) is 351 cm³/mol. The zero-order valence-corrected chi connectivity index (χ0v) is 54.3. The van der Waals surface area contributed by atoms with Crippen LogP contribution in [0.1, 0.15) is 69.0 Å². The van der Waals surface area contributed by atoms with Gasteiger partial charge < -0.3 is 77.3 Å². The molecule has 2 aliphatic rings. The Bertz CT molecular complexity index is 3450. The highest BCUT2D eigenvalue weighted by atomic mass is 16.6. The van der Waals surface area contributed by atoms with Crippen molar-refractivity contribution in [1.82, 2.24) is 41.0 Å². The summed E-state index contributed by atoms with van der Waals surface area (Å²) in [4.78, 5) is 65.0. The number of aromatic nitrogens is 6. The van der Waals surface area contributed by atoms with Crippen molar-refractivity contribution in [1.29, 1.82) is 0 Å². The maximum Gasteiger partial charge on any atom is 0.291 e. The smallest absolute Gasteiger partial charge is 0.291 e. The molecule has 0 saturated carbocycles. The first-order chi connectivity index (χ1) is 47.0. The van der Waals surface area contributed by atoms with Gasteiger partial charge in [0.2, 0.25) is 11.6 Å². The van der Waals surface area contributed by atoms with Crippen molar-refractivity contribution < 1.29 is 76.0 Å². The molecule has 4 atom stereocenters. The SMILES string of the molecule is C[C@H]1Oc2ccc(C#CCOCCOCCOCCOCCOCC#CC#CCOCCOCCOCCOCCOCC#Cc3ccc4c(c3)N(C)C(=O)[C@@H](NC(=O)c3n[nH]c(Cc5ccccc5)n3)[C@@H](C)O4)cc2N(C)C(=O)[C@H]1NC(=O)c1n[nH]c(Cc2ccccc2)n1. The van der Waals surface area contributed by atoms with Crippen LogP contribution in [-0.2, 0) is 69.8 Å². The number of likely N-dealkylation sites (N-methyl/N-ethyl adjacent to an activating group) is 2. The largest absolute Gasteiger partial charge is 0.486 e. The molecule has 26 nitrogen and oxygen atoms in total. The van der Waals surface area contributed by atoms with Gasteiger partial charge in [-0.2, -0.15) is 0 Å². The molecule has 4 N–H and O–H groups in total. The molecule has 2 aliphatic heterocycles. The third-order valence-electron chi connectivity index (χ3n) is 14.2. The summed E-state index contributed by atoms with van der Waals surface area (Å²) in [6.07, 6.45) is -0.403. The zero-order valence-electron chi connectivity index (χ0n) is 54.3. The van der Waals surface area contributed by atoms with E-state index in [9.17, 15) is 19.2 Å². The Labute approximate surface area is 558 Å². The molecule has 0 radical (unpaired) electrons. The molecule has 4 aromatic carbocycles. The van der Waals surface area contributed by atoms with Crippen LogP contribution in [0.4, 0.5) is 11.4 Å². The summed E-state index contributed by atoms with van der Waals surface area (Å²) in [7, 11) is 3.25. The van der Waals surface area contributed by atoms with E-state index in [1.165, 1.54) is 9.80 Å². The van der Waals surface area contributed by atoms with Crippen molar-refractivity contribution >= 4 is 35.0 Å². The molecule has 4 heterocycles. The number of hydrogen-bond donors (Lipinski definition) is 4. The number of carbonyl (C=O) groups is 4. The maximum absolute atomic E-state index is 13.6. The topological polar surface area (TPSA) is 293 Å². The monoisotopic (exact) mass is 1320 g/mol. The molecule has 0 unspecified atom stereocenters. The molecular formula is C70H80N10O16. The van der Waals surface area contributed by atoms with Gasteiger partial charge in [-0.05, 0) is 73.2 Å². The van der Waals surface area contributed by atoms with Crippen molar-refractivity contribution in [3.05, 3.63) is 143 Å². The fourth-order valence-corrected chi connectivity index (χ4v) is 9.29. The van der Waals surface area contributed by atoms with Gasteiger partial charge in [-0.25, -0.2) is 9.97 Å². The summed E-state index contributed by atoms with van der Waals surface area (Å²) in [5, 5.41) is 19.2. The van der Waals surface area contributed by atoms with Crippen molar-refractivity contribution in [2.75, 3.05) is 156 Å². The number of nitrogens with zero attached hydrogens (tertiary/aromatic N) is 6. The number of anilines is 2. The van der Waals surface area contributed by atoms with Crippen molar-refractivity contribution in [3.63, 3.8) is 0 Å². The molecule has 2 aromatic heterocycles. The Morgan fingerprint density at radius 3 is 1.12 bits per heavy atom. The summed E-state index contributed by atoms with van der Waals surface area (Å²) >= 11 is 0. The molecule has 96 heavy (non-hydrogen) atoms. The van der Waals surface area contributed by atoms with Crippen LogP contribution in [0.3, 0.4) is 0 Å². The lowest BCUT2D eigenvalue weighted by Crippen LogP contribution is -2.53. The van der Waals surface area contributed by atoms with Gasteiger partial charge in [0.15, 0.2) is 0 Å². The number of benzene rings is 4. The summed E-state index contributed by atoms with van der Waals surface area (Å²) < 4.78 is 67.7. The average Bonchev–Trinajstić information content (AvgIpc) is 1.68. The molecule has 0 spiro atoms. The van der Waals surface area contributed by atoms with Gasteiger partial charge in [0.25, 0.3) is 23.6 Å². The van der Waals surface area contributed by atoms with Crippen LogP contribution >= 0.6 is 0 Å². The van der Waals surface area contributed by atoms with E-state index in [4.69, 9.17) is 56.8 Å². The molecule has 0 fully saturated rings.